The molecular formula is C15H16ClFN2. The Balaban J connectivity index is 1.79. The van der Waals surface area contributed by atoms with E-state index < -0.39 is 0 Å². The number of hydrogen-bond acceptors (Lipinski definition) is 2. The van der Waals surface area contributed by atoms with Crippen molar-refractivity contribution in [3.05, 3.63) is 64.4 Å². The molecule has 0 saturated carbocycles. The average Bonchev–Trinajstić information content (AvgIpc) is 2.39. The van der Waals surface area contributed by atoms with E-state index in [-0.39, 0.29) is 5.82 Å². The highest BCUT2D eigenvalue weighted by molar-refractivity contribution is 6.31. The maximum Gasteiger partial charge on any atom is 0.123 e. The predicted molar refractivity (Wildman–Crippen MR) is 77.7 cm³/mol. The van der Waals surface area contributed by atoms with E-state index in [9.17, 15) is 4.39 Å². The van der Waals surface area contributed by atoms with Gasteiger partial charge in [0.05, 0.1) is 0 Å². The van der Waals surface area contributed by atoms with E-state index in [0.29, 0.717) is 17.3 Å². The van der Waals surface area contributed by atoms with Crippen LogP contribution in [0.25, 0.3) is 0 Å². The molecule has 0 radical (unpaired) electrons. The number of rotatable bonds is 5. The second-order valence-corrected chi connectivity index (χ2v) is 4.81. The topological polar surface area (TPSA) is 38.0 Å². The molecule has 0 amide bonds. The maximum absolute atomic E-state index is 12.7. The van der Waals surface area contributed by atoms with Gasteiger partial charge in [0, 0.05) is 17.3 Å². The third kappa shape index (κ3) is 4.23. The Morgan fingerprint density at radius 2 is 1.84 bits per heavy atom. The maximum atomic E-state index is 12.7. The molecule has 0 heterocycles. The molecule has 0 aliphatic rings. The number of nitrogens with two attached hydrogens (primary N) is 1. The van der Waals surface area contributed by atoms with Gasteiger partial charge < -0.3 is 11.1 Å². The number of nitrogen functional groups attached to an aromatic ring is 1. The number of anilines is 1. The molecule has 0 unspecified atom stereocenters. The van der Waals surface area contributed by atoms with E-state index in [1.54, 1.807) is 18.2 Å². The van der Waals surface area contributed by atoms with E-state index in [4.69, 9.17) is 17.3 Å². The van der Waals surface area contributed by atoms with Crippen LogP contribution >= 0.6 is 11.6 Å². The lowest BCUT2D eigenvalue weighted by Crippen LogP contribution is -2.16. The summed E-state index contributed by atoms with van der Waals surface area (Å²) >= 11 is 6.09. The van der Waals surface area contributed by atoms with Crippen molar-refractivity contribution in [3.8, 4) is 0 Å². The van der Waals surface area contributed by atoms with Gasteiger partial charge in [-0.2, -0.15) is 0 Å². The lowest BCUT2D eigenvalue weighted by Gasteiger charge is -2.07. The van der Waals surface area contributed by atoms with Crippen LogP contribution in [-0.4, -0.2) is 6.54 Å². The molecule has 0 saturated heterocycles. The first-order valence-electron chi connectivity index (χ1n) is 6.14. The van der Waals surface area contributed by atoms with Crippen LogP contribution in [0.1, 0.15) is 11.1 Å². The quantitative estimate of drug-likeness (QED) is 0.650. The van der Waals surface area contributed by atoms with E-state index in [2.05, 4.69) is 5.32 Å². The van der Waals surface area contributed by atoms with Gasteiger partial charge in [-0.1, -0.05) is 29.8 Å². The molecule has 19 heavy (non-hydrogen) atoms. The number of halogens is 2. The van der Waals surface area contributed by atoms with E-state index in [1.807, 2.05) is 12.1 Å². The summed E-state index contributed by atoms with van der Waals surface area (Å²) in [6, 6.07) is 12.0. The van der Waals surface area contributed by atoms with Crippen LogP contribution < -0.4 is 11.1 Å². The molecule has 2 nitrogen and oxygen atoms in total. The molecule has 0 spiro atoms. The summed E-state index contributed by atoms with van der Waals surface area (Å²) in [4.78, 5) is 0. The van der Waals surface area contributed by atoms with Crippen molar-refractivity contribution in [2.24, 2.45) is 0 Å². The number of nitrogens with one attached hydrogen (secondary N) is 1. The van der Waals surface area contributed by atoms with Crippen LogP contribution in [0.5, 0.6) is 0 Å². The van der Waals surface area contributed by atoms with Crippen molar-refractivity contribution in [2.45, 2.75) is 13.0 Å². The monoisotopic (exact) mass is 278 g/mol. The van der Waals surface area contributed by atoms with Crippen LogP contribution in [0.4, 0.5) is 10.1 Å². The third-order valence-electron chi connectivity index (χ3n) is 2.89. The Morgan fingerprint density at radius 3 is 2.53 bits per heavy atom. The smallest absolute Gasteiger partial charge is 0.123 e. The van der Waals surface area contributed by atoms with Crippen molar-refractivity contribution in [2.75, 3.05) is 12.3 Å². The van der Waals surface area contributed by atoms with Gasteiger partial charge in [0.25, 0.3) is 0 Å². The first-order chi connectivity index (χ1) is 9.15. The fraction of sp³-hybridized carbons (Fsp3) is 0.200. The first-order valence-corrected chi connectivity index (χ1v) is 6.52. The van der Waals surface area contributed by atoms with Gasteiger partial charge in [0.2, 0.25) is 0 Å². The summed E-state index contributed by atoms with van der Waals surface area (Å²) in [5.41, 5.74) is 8.45. The summed E-state index contributed by atoms with van der Waals surface area (Å²) in [5, 5.41) is 4.00. The van der Waals surface area contributed by atoms with E-state index in [1.165, 1.54) is 12.1 Å². The second-order valence-electron chi connectivity index (χ2n) is 4.40. The van der Waals surface area contributed by atoms with Crippen LogP contribution in [0, 0.1) is 5.82 Å². The molecule has 2 rings (SSSR count). The molecule has 0 atom stereocenters. The standard InChI is InChI=1S/C15H16ClFN2/c16-15-9-14(18)6-3-12(15)7-8-19-10-11-1-4-13(17)5-2-11/h1-6,9,19H,7-8,10,18H2. The highest BCUT2D eigenvalue weighted by Gasteiger charge is 2.00. The third-order valence-corrected chi connectivity index (χ3v) is 3.24. The van der Waals surface area contributed by atoms with Gasteiger partial charge in [-0.15, -0.1) is 0 Å². The zero-order valence-corrected chi connectivity index (χ0v) is 11.3. The Labute approximate surface area is 117 Å². The van der Waals surface area contributed by atoms with E-state index in [0.717, 1.165) is 24.1 Å². The normalized spacial score (nSPS) is 10.6. The molecule has 2 aromatic carbocycles. The molecule has 100 valence electrons. The fourth-order valence-electron chi connectivity index (χ4n) is 1.82. The van der Waals surface area contributed by atoms with Crippen molar-refractivity contribution >= 4 is 17.3 Å². The minimum Gasteiger partial charge on any atom is -0.399 e. The van der Waals surface area contributed by atoms with Gasteiger partial charge in [-0.25, -0.2) is 4.39 Å². The fourth-order valence-corrected chi connectivity index (χ4v) is 2.11. The first kappa shape index (κ1) is 13.8. The van der Waals surface area contributed by atoms with E-state index >= 15 is 0 Å². The highest BCUT2D eigenvalue weighted by atomic mass is 35.5. The Hall–Kier alpha value is -1.58. The molecule has 4 heteroatoms. The lowest BCUT2D eigenvalue weighted by molar-refractivity contribution is 0.625. The zero-order valence-electron chi connectivity index (χ0n) is 10.5. The minimum absolute atomic E-state index is 0.211. The summed E-state index contributed by atoms with van der Waals surface area (Å²) in [7, 11) is 0. The summed E-state index contributed by atoms with van der Waals surface area (Å²) in [5.74, 6) is -0.211. The predicted octanol–water partition coefficient (Wildman–Crippen LogP) is 3.39. The van der Waals surface area contributed by atoms with Gasteiger partial charge in [-0.3, -0.25) is 0 Å². The van der Waals surface area contributed by atoms with Crippen LogP contribution in [0.2, 0.25) is 5.02 Å². The van der Waals surface area contributed by atoms with Crippen LogP contribution in [0.3, 0.4) is 0 Å². The highest BCUT2D eigenvalue weighted by Crippen LogP contribution is 2.19. The zero-order chi connectivity index (χ0) is 13.7. The van der Waals surface area contributed by atoms with Crippen molar-refractivity contribution < 1.29 is 4.39 Å². The molecule has 0 aromatic heterocycles. The summed E-state index contributed by atoms with van der Waals surface area (Å²) in [6.07, 6.45) is 0.834. The Bertz CT molecular complexity index is 540. The van der Waals surface area contributed by atoms with Crippen molar-refractivity contribution in [1.82, 2.24) is 5.32 Å². The largest absolute Gasteiger partial charge is 0.399 e. The molecule has 0 fully saturated rings. The second kappa shape index (κ2) is 6.55. The minimum atomic E-state index is -0.211. The van der Waals surface area contributed by atoms with Gasteiger partial charge in [-0.05, 0) is 48.4 Å². The molecule has 2 aromatic rings. The van der Waals surface area contributed by atoms with Gasteiger partial charge in [0.1, 0.15) is 5.82 Å². The molecule has 0 aliphatic heterocycles. The average molecular weight is 279 g/mol. The summed E-state index contributed by atoms with van der Waals surface area (Å²) in [6.45, 7) is 1.52. The Kier molecular flexibility index (Phi) is 4.77. The summed E-state index contributed by atoms with van der Waals surface area (Å²) < 4.78 is 12.7. The lowest BCUT2D eigenvalue weighted by atomic mass is 10.1. The van der Waals surface area contributed by atoms with Crippen molar-refractivity contribution in [1.29, 1.82) is 0 Å². The van der Waals surface area contributed by atoms with Crippen LogP contribution in [0.15, 0.2) is 42.5 Å². The molecule has 0 bridgehead atoms. The van der Waals surface area contributed by atoms with Gasteiger partial charge >= 0.3 is 0 Å². The van der Waals surface area contributed by atoms with Gasteiger partial charge in [0.15, 0.2) is 0 Å². The number of hydrogen-bond donors (Lipinski definition) is 2. The van der Waals surface area contributed by atoms with Crippen molar-refractivity contribution in [3.63, 3.8) is 0 Å². The number of benzene rings is 2. The molecular weight excluding hydrogens is 263 g/mol. The SMILES string of the molecule is Nc1ccc(CCNCc2ccc(F)cc2)c(Cl)c1. The molecule has 0 aliphatic carbocycles. The Morgan fingerprint density at radius 1 is 1.11 bits per heavy atom. The molecule has 3 N–H and O–H groups in total. The van der Waals surface area contributed by atoms with Crippen LogP contribution in [-0.2, 0) is 13.0 Å².